The summed E-state index contributed by atoms with van der Waals surface area (Å²) < 4.78 is 24.2. The number of aliphatic hydroxyl groups excluding tert-OH is 4. The Hall–Kier alpha value is -1.56. The second kappa shape index (κ2) is 14.0. The zero-order chi connectivity index (χ0) is 34.6. The largest absolute Gasteiger partial charge is 0.455 e. The van der Waals surface area contributed by atoms with Gasteiger partial charge >= 0.3 is 11.9 Å². The van der Waals surface area contributed by atoms with Crippen molar-refractivity contribution < 1.29 is 49.0 Å². The highest BCUT2D eigenvalue weighted by molar-refractivity contribution is 5.67. The van der Waals surface area contributed by atoms with E-state index in [0.29, 0.717) is 31.6 Å². The molecule has 4 fully saturated rings. The predicted molar refractivity (Wildman–Crippen MR) is 174 cm³/mol. The summed E-state index contributed by atoms with van der Waals surface area (Å²) in [6.07, 6.45) is 0.767. The molecule has 4 aliphatic carbocycles. The van der Waals surface area contributed by atoms with Gasteiger partial charge in [0, 0.05) is 13.8 Å². The number of ether oxygens (including phenoxy) is 4. The first-order chi connectivity index (χ1) is 22.0. The molecule has 0 aromatic carbocycles. The number of hydrogen-bond acceptors (Lipinski definition) is 10. The van der Waals surface area contributed by atoms with E-state index in [9.17, 15) is 30.0 Å². The summed E-state index contributed by atoms with van der Waals surface area (Å²) in [7, 11) is 0. The zero-order valence-corrected chi connectivity index (χ0v) is 29.6. The van der Waals surface area contributed by atoms with Gasteiger partial charge in [-0.15, -0.1) is 0 Å². The molecule has 5 rings (SSSR count). The zero-order valence-electron chi connectivity index (χ0n) is 29.6. The van der Waals surface area contributed by atoms with Crippen LogP contribution in [0, 0.1) is 46.3 Å². The van der Waals surface area contributed by atoms with E-state index in [4.69, 9.17) is 18.9 Å². The Morgan fingerprint density at radius 1 is 1.04 bits per heavy atom. The third kappa shape index (κ3) is 6.93. The van der Waals surface area contributed by atoms with E-state index in [1.54, 1.807) is 6.92 Å². The predicted octanol–water partition coefficient (Wildman–Crippen LogP) is 4.29. The van der Waals surface area contributed by atoms with Gasteiger partial charge in [0.2, 0.25) is 0 Å². The summed E-state index contributed by atoms with van der Waals surface area (Å²) in [4.78, 5) is 24.3. The van der Waals surface area contributed by atoms with Crippen LogP contribution in [0.1, 0.15) is 107 Å². The molecule has 16 atom stereocenters. The highest BCUT2D eigenvalue weighted by atomic mass is 16.7. The average Bonchev–Trinajstić information content (AvgIpc) is 3.26. The van der Waals surface area contributed by atoms with Crippen molar-refractivity contribution in [1.82, 2.24) is 0 Å². The van der Waals surface area contributed by atoms with E-state index in [1.807, 2.05) is 0 Å². The number of aliphatic hydroxyl groups is 4. The molecule has 1 aliphatic heterocycles. The Labute approximate surface area is 280 Å². The van der Waals surface area contributed by atoms with Crippen LogP contribution < -0.4 is 0 Å². The summed E-state index contributed by atoms with van der Waals surface area (Å²) in [6.45, 7) is 15.1. The third-order valence-corrected chi connectivity index (χ3v) is 13.0. The Kier molecular flexibility index (Phi) is 10.9. The van der Waals surface area contributed by atoms with Gasteiger partial charge in [0.05, 0.1) is 30.5 Å². The van der Waals surface area contributed by atoms with E-state index in [0.717, 1.165) is 25.7 Å². The standard InChI is InChI=1S/C37H60O10/c1-18(2)9-12-27(41)19(3)30-29(47-35-34(46-22(6)39)33(45-21(5)38)32(43)20(4)44-35)16-26-25-11-10-23-15-24(40)13-14-36(23,7)31(25)28(42)17-37(26,30)8/h10,18-20,24-35,40-43H,9,11-17H2,1-8H3/t19-,20+,24+,25+,26+,27+,28-,29+,30+,31-,32+,33-,34-,35+,36+,37+/m1/s1. The van der Waals surface area contributed by atoms with Crippen molar-refractivity contribution in [3.63, 3.8) is 0 Å². The monoisotopic (exact) mass is 664 g/mol. The molecule has 10 heteroatoms. The van der Waals surface area contributed by atoms with Gasteiger partial charge in [-0.05, 0) is 105 Å². The van der Waals surface area contributed by atoms with Crippen LogP contribution in [-0.2, 0) is 28.5 Å². The average molecular weight is 665 g/mol. The number of hydrogen-bond donors (Lipinski definition) is 4. The summed E-state index contributed by atoms with van der Waals surface area (Å²) in [6, 6.07) is 0. The topological polar surface area (TPSA) is 152 Å². The van der Waals surface area contributed by atoms with Crippen LogP contribution in [0.15, 0.2) is 11.6 Å². The lowest BCUT2D eigenvalue weighted by atomic mass is 9.46. The lowest BCUT2D eigenvalue weighted by Crippen LogP contribution is -2.61. The van der Waals surface area contributed by atoms with Gasteiger partial charge in [0.15, 0.2) is 18.5 Å². The Morgan fingerprint density at radius 2 is 1.70 bits per heavy atom. The van der Waals surface area contributed by atoms with Gasteiger partial charge in [0.25, 0.3) is 0 Å². The minimum Gasteiger partial charge on any atom is -0.455 e. The highest BCUT2D eigenvalue weighted by Crippen LogP contribution is 2.68. The first kappa shape index (κ1) is 36.7. The molecule has 5 aliphatic rings. The maximum atomic E-state index is 12.3. The van der Waals surface area contributed by atoms with Crippen molar-refractivity contribution in [3.8, 4) is 0 Å². The molecule has 0 spiro atoms. The van der Waals surface area contributed by atoms with Crippen molar-refractivity contribution >= 4 is 11.9 Å². The smallest absolute Gasteiger partial charge is 0.303 e. The molecule has 0 unspecified atom stereocenters. The normalized spacial score (nSPS) is 46.0. The van der Waals surface area contributed by atoms with Gasteiger partial charge in [0.1, 0.15) is 6.10 Å². The highest BCUT2D eigenvalue weighted by Gasteiger charge is 2.66. The number of carbonyl (C=O) groups is 2. The lowest BCUT2D eigenvalue weighted by Gasteiger charge is -2.60. The van der Waals surface area contributed by atoms with Crippen molar-refractivity contribution in [1.29, 1.82) is 0 Å². The van der Waals surface area contributed by atoms with E-state index < -0.39 is 61.0 Å². The molecule has 1 saturated heterocycles. The quantitative estimate of drug-likeness (QED) is 0.208. The molecule has 47 heavy (non-hydrogen) atoms. The van der Waals surface area contributed by atoms with Crippen molar-refractivity contribution in [3.05, 3.63) is 11.6 Å². The van der Waals surface area contributed by atoms with Crippen LogP contribution in [0.2, 0.25) is 0 Å². The number of fused-ring (bicyclic) bond motifs is 5. The summed E-state index contributed by atoms with van der Waals surface area (Å²) >= 11 is 0. The Bertz CT molecular complexity index is 1170. The summed E-state index contributed by atoms with van der Waals surface area (Å²) in [5, 5.41) is 45.1. The van der Waals surface area contributed by atoms with Gasteiger partial charge in [-0.25, -0.2) is 0 Å². The Balaban J connectivity index is 1.51. The van der Waals surface area contributed by atoms with Crippen LogP contribution in [0.3, 0.4) is 0 Å². The fraction of sp³-hybridized carbons (Fsp3) is 0.892. The molecule has 0 aromatic rings. The van der Waals surface area contributed by atoms with E-state index >= 15 is 0 Å². The van der Waals surface area contributed by atoms with Crippen molar-refractivity contribution in [2.24, 2.45) is 46.3 Å². The van der Waals surface area contributed by atoms with E-state index in [2.05, 4.69) is 40.7 Å². The molecule has 0 aromatic heterocycles. The van der Waals surface area contributed by atoms with Crippen LogP contribution in [-0.4, -0.2) is 87.5 Å². The molecular weight excluding hydrogens is 604 g/mol. The van der Waals surface area contributed by atoms with E-state index in [-0.39, 0.29) is 46.5 Å². The van der Waals surface area contributed by atoms with Crippen molar-refractivity contribution in [2.75, 3.05) is 0 Å². The summed E-state index contributed by atoms with van der Waals surface area (Å²) in [5.41, 5.74) is 0.713. The SMILES string of the molecule is CC(=O)O[C@@H]1[C@@H](O)[C@H](C)O[C@@H](O[C@H]2C[C@H]3[C@@H]4CC=C5C[C@@H](O)CC[C@]5(C)[C@H]4[C@H](O)C[C@]3(C)[C@H]2[C@H](C)[C@@H](O)CCC(C)C)[C@@H]1OC(C)=O. The van der Waals surface area contributed by atoms with E-state index in [1.165, 1.54) is 19.4 Å². The first-order valence-electron chi connectivity index (χ1n) is 18.0. The fourth-order valence-corrected chi connectivity index (χ4v) is 10.8. The van der Waals surface area contributed by atoms with Crippen LogP contribution in [0.25, 0.3) is 0 Å². The summed E-state index contributed by atoms with van der Waals surface area (Å²) in [5.74, 6) is -0.706. The molecule has 1 heterocycles. The molecule has 0 radical (unpaired) electrons. The van der Waals surface area contributed by atoms with Gasteiger partial charge < -0.3 is 39.4 Å². The molecule has 0 amide bonds. The molecule has 10 nitrogen and oxygen atoms in total. The van der Waals surface area contributed by atoms with Gasteiger partial charge in [-0.2, -0.15) is 0 Å². The Morgan fingerprint density at radius 3 is 2.34 bits per heavy atom. The molecule has 0 bridgehead atoms. The molecule has 3 saturated carbocycles. The van der Waals surface area contributed by atoms with Gasteiger partial charge in [-0.3, -0.25) is 9.59 Å². The number of esters is 2. The molecular formula is C37H60O10. The molecule has 4 N–H and O–H groups in total. The third-order valence-electron chi connectivity index (χ3n) is 13.0. The van der Waals surface area contributed by atoms with Crippen LogP contribution in [0.5, 0.6) is 0 Å². The number of rotatable bonds is 9. The fourth-order valence-electron chi connectivity index (χ4n) is 10.8. The maximum absolute atomic E-state index is 12.3. The first-order valence-corrected chi connectivity index (χ1v) is 18.0. The lowest BCUT2D eigenvalue weighted by molar-refractivity contribution is -0.313. The van der Waals surface area contributed by atoms with Crippen LogP contribution >= 0.6 is 0 Å². The number of allylic oxidation sites excluding steroid dienone is 1. The minimum absolute atomic E-state index is 0.0527. The van der Waals surface area contributed by atoms with Gasteiger partial charge in [-0.1, -0.05) is 46.3 Å². The second-order valence-corrected chi connectivity index (χ2v) is 16.5. The van der Waals surface area contributed by atoms with Crippen LogP contribution in [0.4, 0.5) is 0 Å². The maximum Gasteiger partial charge on any atom is 0.303 e. The number of carbonyl (C=O) groups excluding carboxylic acids is 2. The molecule has 268 valence electrons. The second-order valence-electron chi connectivity index (χ2n) is 16.5. The minimum atomic E-state index is -1.23. The van der Waals surface area contributed by atoms with Crippen molar-refractivity contribution in [2.45, 2.75) is 162 Å².